The van der Waals surface area contributed by atoms with Gasteiger partial charge in [-0.25, -0.2) is 4.39 Å². The Bertz CT molecular complexity index is 552. The highest BCUT2D eigenvalue weighted by atomic mass is 35.5. The number of rotatable bonds is 3. The van der Waals surface area contributed by atoms with E-state index in [2.05, 4.69) is 5.32 Å². The molecule has 0 aliphatic carbocycles. The highest BCUT2D eigenvalue weighted by Gasteiger charge is 2.07. The molecule has 0 unspecified atom stereocenters. The Morgan fingerprint density at radius 3 is 2.28 bits per heavy atom. The van der Waals surface area contributed by atoms with Gasteiger partial charge in [0, 0.05) is 17.1 Å². The third-order valence-corrected chi connectivity index (χ3v) is 3.30. The van der Waals surface area contributed by atoms with Crippen LogP contribution in [0.25, 0.3) is 0 Å². The number of hydrogen-bond donors (Lipinski definition) is 1. The van der Waals surface area contributed by atoms with Gasteiger partial charge in [-0.1, -0.05) is 46.9 Å². The van der Waals surface area contributed by atoms with E-state index in [-0.39, 0.29) is 12.4 Å². The van der Waals surface area contributed by atoms with Gasteiger partial charge in [-0.2, -0.15) is 0 Å². The van der Waals surface area contributed by atoms with E-state index >= 15 is 0 Å². The fourth-order valence-corrected chi connectivity index (χ4v) is 2.21. The number of hydrogen-bond acceptors (Lipinski definition) is 1. The van der Waals surface area contributed by atoms with Crippen molar-refractivity contribution in [3.63, 3.8) is 0 Å². The van der Waals surface area contributed by atoms with Crippen LogP contribution in [-0.2, 0) is 6.54 Å². The quantitative estimate of drug-likeness (QED) is 0.800. The molecule has 18 heavy (non-hydrogen) atoms. The maximum absolute atomic E-state index is 13.6. The molecule has 0 bridgehead atoms. The second-order valence-electron chi connectivity index (χ2n) is 3.69. The van der Waals surface area contributed by atoms with Crippen LogP contribution >= 0.6 is 34.8 Å². The van der Waals surface area contributed by atoms with Crippen molar-refractivity contribution in [1.82, 2.24) is 0 Å². The summed E-state index contributed by atoms with van der Waals surface area (Å²) in [6.45, 7) is 0.284. The summed E-state index contributed by atoms with van der Waals surface area (Å²) in [6, 6.07) is 9.71. The van der Waals surface area contributed by atoms with Crippen molar-refractivity contribution >= 4 is 40.5 Å². The summed E-state index contributed by atoms with van der Waals surface area (Å²) < 4.78 is 13.6. The van der Waals surface area contributed by atoms with E-state index in [9.17, 15) is 4.39 Å². The summed E-state index contributed by atoms with van der Waals surface area (Å²) in [7, 11) is 0. The Kier molecular flexibility index (Phi) is 4.33. The molecule has 1 nitrogen and oxygen atoms in total. The number of halogens is 4. The third-order valence-electron chi connectivity index (χ3n) is 2.43. The van der Waals surface area contributed by atoms with Crippen molar-refractivity contribution < 1.29 is 4.39 Å². The van der Waals surface area contributed by atoms with Gasteiger partial charge >= 0.3 is 0 Å². The van der Waals surface area contributed by atoms with Crippen LogP contribution in [0.5, 0.6) is 0 Å². The van der Waals surface area contributed by atoms with E-state index < -0.39 is 0 Å². The molecule has 0 fully saturated rings. The van der Waals surface area contributed by atoms with Gasteiger partial charge < -0.3 is 5.32 Å². The van der Waals surface area contributed by atoms with Crippen molar-refractivity contribution in [2.45, 2.75) is 6.54 Å². The largest absolute Gasteiger partial charge is 0.378 e. The van der Waals surface area contributed by atoms with E-state index in [4.69, 9.17) is 34.8 Å². The lowest BCUT2D eigenvalue weighted by molar-refractivity contribution is 0.613. The SMILES string of the molecule is Fc1cc(Cl)ccc1CNc1c(Cl)cccc1Cl. The third kappa shape index (κ3) is 3.08. The molecule has 0 atom stereocenters. The summed E-state index contributed by atoms with van der Waals surface area (Å²) in [5.41, 5.74) is 1.09. The van der Waals surface area contributed by atoms with Crippen molar-refractivity contribution in [3.8, 4) is 0 Å². The molecule has 2 aromatic rings. The molecule has 2 rings (SSSR count). The molecule has 5 heteroatoms. The van der Waals surface area contributed by atoms with Crippen LogP contribution in [-0.4, -0.2) is 0 Å². The molecule has 0 aliphatic heterocycles. The van der Waals surface area contributed by atoms with Gasteiger partial charge in [-0.05, 0) is 24.3 Å². The van der Waals surface area contributed by atoms with Gasteiger partial charge in [0.1, 0.15) is 5.82 Å². The van der Waals surface area contributed by atoms with Crippen LogP contribution in [0.4, 0.5) is 10.1 Å². The average Bonchev–Trinajstić information content (AvgIpc) is 2.31. The average molecular weight is 305 g/mol. The zero-order chi connectivity index (χ0) is 13.1. The first-order valence-corrected chi connectivity index (χ1v) is 6.33. The van der Waals surface area contributed by atoms with E-state index in [1.165, 1.54) is 6.07 Å². The van der Waals surface area contributed by atoms with Gasteiger partial charge in [-0.3, -0.25) is 0 Å². The van der Waals surface area contributed by atoms with Crippen LogP contribution in [0.15, 0.2) is 36.4 Å². The molecular formula is C13H9Cl3FN. The highest BCUT2D eigenvalue weighted by molar-refractivity contribution is 6.39. The predicted molar refractivity (Wildman–Crippen MR) is 75.2 cm³/mol. The van der Waals surface area contributed by atoms with E-state index in [1.807, 2.05) is 0 Å². The topological polar surface area (TPSA) is 12.0 Å². The van der Waals surface area contributed by atoms with E-state index in [0.29, 0.717) is 26.3 Å². The Morgan fingerprint density at radius 1 is 1.00 bits per heavy atom. The molecule has 0 amide bonds. The second kappa shape index (κ2) is 5.79. The van der Waals surface area contributed by atoms with Crippen LogP contribution in [0, 0.1) is 5.82 Å². The monoisotopic (exact) mass is 303 g/mol. The van der Waals surface area contributed by atoms with Gasteiger partial charge in [0.2, 0.25) is 0 Å². The van der Waals surface area contributed by atoms with Crippen molar-refractivity contribution in [3.05, 3.63) is 62.8 Å². The minimum Gasteiger partial charge on any atom is -0.378 e. The van der Waals surface area contributed by atoms with E-state index in [0.717, 1.165) is 0 Å². The minimum absolute atomic E-state index is 0.284. The Labute approximate surface area is 119 Å². The molecule has 0 radical (unpaired) electrons. The minimum atomic E-state index is -0.363. The highest BCUT2D eigenvalue weighted by Crippen LogP contribution is 2.30. The summed E-state index contributed by atoms with van der Waals surface area (Å²) in [6.07, 6.45) is 0. The number of para-hydroxylation sites is 1. The Hall–Kier alpha value is -0.960. The maximum atomic E-state index is 13.6. The lowest BCUT2D eigenvalue weighted by atomic mass is 10.2. The van der Waals surface area contributed by atoms with E-state index in [1.54, 1.807) is 30.3 Å². The molecule has 2 aromatic carbocycles. The fourth-order valence-electron chi connectivity index (χ4n) is 1.52. The fraction of sp³-hybridized carbons (Fsp3) is 0.0769. The summed E-state index contributed by atoms with van der Waals surface area (Å²) in [4.78, 5) is 0. The lowest BCUT2D eigenvalue weighted by Gasteiger charge is -2.11. The zero-order valence-corrected chi connectivity index (χ0v) is 11.5. The first-order chi connectivity index (χ1) is 8.58. The Morgan fingerprint density at radius 2 is 1.67 bits per heavy atom. The first kappa shape index (κ1) is 13.5. The van der Waals surface area contributed by atoms with Gasteiger partial charge in [0.15, 0.2) is 0 Å². The Balaban J connectivity index is 2.16. The van der Waals surface area contributed by atoms with Crippen molar-refractivity contribution in [2.24, 2.45) is 0 Å². The summed E-state index contributed by atoms with van der Waals surface area (Å²) >= 11 is 17.7. The molecule has 0 spiro atoms. The predicted octanol–water partition coefficient (Wildman–Crippen LogP) is 5.40. The standard InChI is InChI=1S/C13H9Cl3FN/c14-9-5-4-8(12(17)6-9)7-18-13-10(15)2-1-3-11(13)16/h1-6,18H,7H2. The van der Waals surface area contributed by atoms with Crippen LogP contribution in [0.3, 0.4) is 0 Å². The van der Waals surface area contributed by atoms with Gasteiger partial charge in [0.25, 0.3) is 0 Å². The van der Waals surface area contributed by atoms with Gasteiger partial charge in [0.05, 0.1) is 15.7 Å². The maximum Gasteiger partial charge on any atom is 0.129 e. The molecule has 0 aromatic heterocycles. The van der Waals surface area contributed by atoms with Crippen molar-refractivity contribution in [2.75, 3.05) is 5.32 Å². The lowest BCUT2D eigenvalue weighted by Crippen LogP contribution is -2.02. The first-order valence-electron chi connectivity index (χ1n) is 5.20. The van der Waals surface area contributed by atoms with Crippen molar-refractivity contribution in [1.29, 1.82) is 0 Å². The number of anilines is 1. The molecule has 0 saturated carbocycles. The number of benzene rings is 2. The molecule has 0 aliphatic rings. The van der Waals surface area contributed by atoms with Crippen LogP contribution < -0.4 is 5.32 Å². The summed E-state index contributed by atoms with van der Waals surface area (Å²) in [5.74, 6) is -0.363. The normalized spacial score (nSPS) is 10.4. The van der Waals surface area contributed by atoms with Gasteiger partial charge in [-0.15, -0.1) is 0 Å². The molecule has 0 saturated heterocycles. The zero-order valence-electron chi connectivity index (χ0n) is 9.18. The second-order valence-corrected chi connectivity index (χ2v) is 4.94. The molecule has 0 heterocycles. The van der Waals surface area contributed by atoms with Crippen LogP contribution in [0.2, 0.25) is 15.1 Å². The number of nitrogens with one attached hydrogen (secondary N) is 1. The summed E-state index contributed by atoms with van der Waals surface area (Å²) in [5, 5.41) is 4.37. The molecule has 1 N–H and O–H groups in total. The molecule has 94 valence electrons. The van der Waals surface area contributed by atoms with Crippen LogP contribution in [0.1, 0.15) is 5.56 Å². The smallest absolute Gasteiger partial charge is 0.129 e. The molecular weight excluding hydrogens is 296 g/mol.